The molecule has 1 fully saturated rings. The lowest BCUT2D eigenvalue weighted by Gasteiger charge is -2.27. The van der Waals surface area contributed by atoms with Gasteiger partial charge in [0.25, 0.3) is 0 Å². The maximum absolute atomic E-state index is 10.9. The van der Waals surface area contributed by atoms with Crippen LogP contribution in [0.1, 0.15) is 13.8 Å². The molecule has 0 aromatic carbocycles. The van der Waals surface area contributed by atoms with Crippen LogP contribution in [-0.4, -0.2) is 48.8 Å². The number of hydrogen-bond donors (Lipinski definition) is 1. The zero-order valence-electron chi connectivity index (χ0n) is 9.06. The summed E-state index contributed by atoms with van der Waals surface area (Å²) >= 11 is 0. The molecule has 0 aromatic heterocycles. The van der Waals surface area contributed by atoms with Crippen LogP contribution in [0.4, 0.5) is 0 Å². The predicted molar refractivity (Wildman–Crippen MR) is 53.2 cm³/mol. The summed E-state index contributed by atoms with van der Waals surface area (Å²) in [5.41, 5.74) is 0. The van der Waals surface area contributed by atoms with Gasteiger partial charge in [0.15, 0.2) is 0 Å². The van der Waals surface area contributed by atoms with E-state index in [2.05, 4.69) is 18.7 Å². The zero-order valence-corrected chi connectivity index (χ0v) is 9.06. The third-order valence-corrected chi connectivity index (χ3v) is 2.59. The molecule has 1 N–H and O–H groups in total. The average Bonchev–Trinajstić information content (AvgIpc) is 2.49. The number of nitrogens with zero attached hydrogens (tertiary/aromatic N) is 1. The monoisotopic (exact) mass is 201 g/mol. The summed E-state index contributed by atoms with van der Waals surface area (Å²) in [5, 5.41) is 8.96. The number of aliphatic carboxylic acids is 1. The van der Waals surface area contributed by atoms with E-state index in [1.807, 2.05) is 7.05 Å². The standard InChI is InChI=1S/C10H19NO3/c1-7(2)4-11(3)9-6-14-5-8(9)10(12)13/h7-9H,4-6H2,1-3H3,(H,12,13). The van der Waals surface area contributed by atoms with E-state index in [4.69, 9.17) is 9.84 Å². The van der Waals surface area contributed by atoms with Gasteiger partial charge in [-0.15, -0.1) is 0 Å². The molecule has 1 saturated heterocycles. The summed E-state index contributed by atoms with van der Waals surface area (Å²) in [6, 6.07) is 0.0369. The Morgan fingerprint density at radius 2 is 2.21 bits per heavy atom. The van der Waals surface area contributed by atoms with Gasteiger partial charge in [-0.3, -0.25) is 9.69 Å². The topological polar surface area (TPSA) is 49.8 Å². The minimum Gasteiger partial charge on any atom is -0.481 e. The van der Waals surface area contributed by atoms with E-state index in [9.17, 15) is 4.79 Å². The zero-order chi connectivity index (χ0) is 10.7. The van der Waals surface area contributed by atoms with Gasteiger partial charge in [-0.05, 0) is 13.0 Å². The number of rotatable bonds is 4. The van der Waals surface area contributed by atoms with E-state index in [0.29, 0.717) is 19.1 Å². The first kappa shape index (κ1) is 11.5. The van der Waals surface area contributed by atoms with Crippen LogP contribution >= 0.6 is 0 Å². The molecule has 0 saturated carbocycles. The molecule has 4 heteroatoms. The van der Waals surface area contributed by atoms with E-state index in [0.717, 1.165) is 6.54 Å². The highest BCUT2D eigenvalue weighted by molar-refractivity contribution is 5.71. The van der Waals surface area contributed by atoms with Crippen LogP contribution in [0.3, 0.4) is 0 Å². The van der Waals surface area contributed by atoms with E-state index < -0.39 is 5.97 Å². The molecule has 1 heterocycles. The van der Waals surface area contributed by atoms with Crippen molar-refractivity contribution in [1.82, 2.24) is 4.90 Å². The highest BCUT2D eigenvalue weighted by Gasteiger charge is 2.36. The van der Waals surface area contributed by atoms with Crippen LogP contribution in [0.2, 0.25) is 0 Å². The van der Waals surface area contributed by atoms with Crippen LogP contribution in [0, 0.1) is 11.8 Å². The van der Waals surface area contributed by atoms with Crippen molar-refractivity contribution in [2.24, 2.45) is 11.8 Å². The average molecular weight is 201 g/mol. The fourth-order valence-electron chi connectivity index (χ4n) is 1.92. The predicted octanol–water partition coefficient (Wildman–Crippen LogP) is 0.674. The lowest BCUT2D eigenvalue weighted by atomic mass is 10.0. The Labute approximate surface area is 84.8 Å². The third-order valence-electron chi connectivity index (χ3n) is 2.59. The molecule has 14 heavy (non-hydrogen) atoms. The van der Waals surface area contributed by atoms with Gasteiger partial charge in [-0.2, -0.15) is 0 Å². The molecule has 4 nitrogen and oxygen atoms in total. The van der Waals surface area contributed by atoms with Crippen molar-refractivity contribution in [3.05, 3.63) is 0 Å². The normalized spacial score (nSPS) is 27.5. The van der Waals surface area contributed by atoms with Gasteiger partial charge in [-0.1, -0.05) is 13.8 Å². The molecule has 82 valence electrons. The molecule has 2 unspecified atom stereocenters. The van der Waals surface area contributed by atoms with Crippen molar-refractivity contribution < 1.29 is 14.6 Å². The SMILES string of the molecule is CC(C)CN(C)C1COCC1C(=O)O. The minimum absolute atomic E-state index is 0.0369. The fourth-order valence-corrected chi connectivity index (χ4v) is 1.92. The number of carbonyl (C=O) groups is 1. The Balaban J connectivity index is 2.53. The second-order valence-electron chi connectivity index (χ2n) is 4.38. The van der Waals surface area contributed by atoms with Crippen molar-refractivity contribution in [2.45, 2.75) is 19.9 Å². The number of hydrogen-bond acceptors (Lipinski definition) is 3. The highest BCUT2D eigenvalue weighted by atomic mass is 16.5. The molecule has 1 rings (SSSR count). The first-order valence-corrected chi connectivity index (χ1v) is 5.03. The van der Waals surface area contributed by atoms with Crippen LogP contribution in [-0.2, 0) is 9.53 Å². The molecule has 1 aliphatic rings. The molecular weight excluding hydrogens is 182 g/mol. The van der Waals surface area contributed by atoms with Crippen molar-refractivity contribution in [1.29, 1.82) is 0 Å². The van der Waals surface area contributed by atoms with Crippen molar-refractivity contribution in [3.8, 4) is 0 Å². The largest absolute Gasteiger partial charge is 0.481 e. The lowest BCUT2D eigenvalue weighted by molar-refractivity contribution is -0.143. The van der Waals surface area contributed by atoms with Crippen LogP contribution in [0.5, 0.6) is 0 Å². The summed E-state index contributed by atoms with van der Waals surface area (Å²) in [6.07, 6.45) is 0. The van der Waals surface area contributed by atoms with E-state index in [1.165, 1.54) is 0 Å². The molecule has 1 aliphatic heterocycles. The summed E-state index contributed by atoms with van der Waals surface area (Å²) in [6.45, 7) is 6.06. The van der Waals surface area contributed by atoms with Gasteiger partial charge in [0.2, 0.25) is 0 Å². The van der Waals surface area contributed by atoms with E-state index in [-0.39, 0.29) is 12.0 Å². The Morgan fingerprint density at radius 3 is 2.71 bits per heavy atom. The summed E-state index contributed by atoms with van der Waals surface area (Å²) in [5.74, 6) is -0.558. The van der Waals surface area contributed by atoms with Gasteiger partial charge < -0.3 is 9.84 Å². The summed E-state index contributed by atoms with van der Waals surface area (Å²) in [4.78, 5) is 13.0. The van der Waals surface area contributed by atoms with Crippen molar-refractivity contribution in [3.63, 3.8) is 0 Å². The van der Waals surface area contributed by atoms with Gasteiger partial charge in [0.1, 0.15) is 0 Å². The van der Waals surface area contributed by atoms with Crippen LogP contribution in [0.25, 0.3) is 0 Å². The van der Waals surface area contributed by atoms with Gasteiger partial charge in [0, 0.05) is 12.6 Å². The molecule has 0 aromatic rings. The Bertz CT molecular complexity index is 206. The number of carboxylic acid groups (broad SMARTS) is 1. The molecule has 0 bridgehead atoms. The Kier molecular flexibility index (Phi) is 3.89. The second kappa shape index (κ2) is 4.75. The highest BCUT2D eigenvalue weighted by Crippen LogP contribution is 2.19. The molecule has 2 atom stereocenters. The maximum Gasteiger partial charge on any atom is 0.310 e. The summed E-state index contributed by atoms with van der Waals surface area (Å²) < 4.78 is 5.21. The van der Waals surface area contributed by atoms with Crippen molar-refractivity contribution >= 4 is 5.97 Å². The summed E-state index contributed by atoms with van der Waals surface area (Å²) in [7, 11) is 1.97. The first-order chi connectivity index (χ1) is 6.52. The minimum atomic E-state index is -0.747. The van der Waals surface area contributed by atoms with E-state index >= 15 is 0 Å². The second-order valence-corrected chi connectivity index (χ2v) is 4.38. The quantitative estimate of drug-likeness (QED) is 0.726. The van der Waals surface area contributed by atoms with E-state index in [1.54, 1.807) is 0 Å². The van der Waals surface area contributed by atoms with Crippen LogP contribution in [0.15, 0.2) is 0 Å². The number of likely N-dealkylation sites (N-methyl/N-ethyl adjacent to an activating group) is 1. The van der Waals surface area contributed by atoms with Gasteiger partial charge >= 0.3 is 5.97 Å². The first-order valence-electron chi connectivity index (χ1n) is 5.03. The van der Waals surface area contributed by atoms with Gasteiger partial charge in [-0.25, -0.2) is 0 Å². The molecular formula is C10H19NO3. The lowest BCUT2D eigenvalue weighted by Crippen LogP contribution is -2.42. The molecule has 0 spiro atoms. The van der Waals surface area contributed by atoms with Crippen molar-refractivity contribution in [2.75, 3.05) is 26.8 Å². The number of carboxylic acids is 1. The Hall–Kier alpha value is -0.610. The van der Waals surface area contributed by atoms with Gasteiger partial charge in [0.05, 0.1) is 19.1 Å². The number of ether oxygens (including phenoxy) is 1. The fraction of sp³-hybridized carbons (Fsp3) is 0.900. The molecule has 0 amide bonds. The maximum atomic E-state index is 10.9. The smallest absolute Gasteiger partial charge is 0.310 e. The Morgan fingerprint density at radius 1 is 1.57 bits per heavy atom. The molecule has 0 radical (unpaired) electrons. The molecule has 0 aliphatic carbocycles. The third kappa shape index (κ3) is 2.69. The van der Waals surface area contributed by atoms with Crippen LogP contribution < -0.4 is 0 Å².